The number of sulfone groups is 1. The van der Waals surface area contributed by atoms with Gasteiger partial charge in [-0.1, -0.05) is 37.4 Å². The van der Waals surface area contributed by atoms with Crippen LogP contribution in [-0.2, 0) is 15.6 Å². The molecular formula is C19H20ClNO3S2. The molecule has 2 aromatic rings. The zero-order valence-corrected chi connectivity index (χ0v) is 16.8. The molecule has 1 amide bonds. The van der Waals surface area contributed by atoms with E-state index in [0.717, 1.165) is 24.1 Å². The largest absolute Gasteiger partial charge is 0.348 e. The van der Waals surface area contributed by atoms with Crippen molar-refractivity contribution in [2.24, 2.45) is 5.92 Å². The minimum atomic E-state index is -3.44. The average molecular weight is 410 g/mol. The molecule has 7 heteroatoms. The number of thiophene rings is 1. The van der Waals surface area contributed by atoms with Crippen LogP contribution in [0.3, 0.4) is 0 Å². The molecule has 0 spiro atoms. The van der Waals surface area contributed by atoms with E-state index in [1.165, 1.54) is 23.8 Å². The Morgan fingerprint density at radius 1 is 1.23 bits per heavy atom. The van der Waals surface area contributed by atoms with Gasteiger partial charge in [0.05, 0.1) is 15.5 Å². The summed E-state index contributed by atoms with van der Waals surface area (Å²) >= 11 is 7.35. The van der Waals surface area contributed by atoms with Crippen molar-refractivity contribution < 1.29 is 13.2 Å². The number of nitrogens with one attached hydrogen (secondary N) is 1. The molecule has 1 fully saturated rings. The van der Waals surface area contributed by atoms with Gasteiger partial charge < -0.3 is 5.32 Å². The van der Waals surface area contributed by atoms with E-state index in [9.17, 15) is 13.2 Å². The predicted octanol–water partition coefficient (Wildman–Crippen LogP) is 4.66. The van der Waals surface area contributed by atoms with Gasteiger partial charge in [0, 0.05) is 21.5 Å². The first-order valence-electron chi connectivity index (χ1n) is 8.81. The van der Waals surface area contributed by atoms with E-state index in [4.69, 9.17) is 11.6 Å². The highest BCUT2D eigenvalue weighted by Crippen LogP contribution is 2.43. The summed E-state index contributed by atoms with van der Waals surface area (Å²) in [5.41, 5.74) is 1.34. The van der Waals surface area contributed by atoms with E-state index in [2.05, 4.69) is 12.2 Å². The lowest BCUT2D eigenvalue weighted by molar-refractivity contribution is 0.0914. The van der Waals surface area contributed by atoms with Crippen LogP contribution in [0.4, 0.5) is 0 Å². The molecule has 0 bridgehead atoms. The molecule has 1 aromatic heterocycles. The van der Waals surface area contributed by atoms with Crippen LogP contribution in [0, 0.1) is 5.92 Å². The van der Waals surface area contributed by atoms with Crippen LogP contribution in [0.1, 0.15) is 47.8 Å². The van der Waals surface area contributed by atoms with Gasteiger partial charge in [-0.3, -0.25) is 4.79 Å². The van der Waals surface area contributed by atoms with E-state index in [-0.39, 0.29) is 22.6 Å². The third-order valence-electron chi connectivity index (χ3n) is 5.33. The quantitative estimate of drug-likeness (QED) is 0.784. The second-order valence-corrected chi connectivity index (χ2v) is 10.7. The van der Waals surface area contributed by atoms with Gasteiger partial charge in [0.2, 0.25) is 0 Å². The second-order valence-electron chi connectivity index (χ2n) is 7.21. The van der Waals surface area contributed by atoms with Crippen molar-refractivity contribution in [1.82, 2.24) is 5.32 Å². The molecule has 1 N–H and O–H groups in total. The van der Waals surface area contributed by atoms with Crippen molar-refractivity contribution in [2.75, 3.05) is 0 Å². The predicted molar refractivity (Wildman–Crippen MR) is 105 cm³/mol. The zero-order chi connectivity index (χ0) is 18.5. The summed E-state index contributed by atoms with van der Waals surface area (Å²) in [4.78, 5) is 14.4. The number of amides is 1. The Kier molecular flexibility index (Phi) is 4.61. The molecule has 1 aliphatic carbocycles. The summed E-state index contributed by atoms with van der Waals surface area (Å²) in [5.74, 6) is 0.292. The molecule has 1 aliphatic heterocycles. The van der Waals surface area contributed by atoms with Crippen molar-refractivity contribution in [2.45, 2.75) is 49.3 Å². The first-order chi connectivity index (χ1) is 12.3. The van der Waals surface area contributed by atoms with Gasteiger partial charge in [-0.25, -0.2) is 8.42 Å². The highest BCUT2D eigenvalue weighted by Gasteiger charge is 2.32. The fourth-order valence-electron chi connectivity index (χ4n) is 3.87. The van der Waals surface area contributed by atoms with Crippen molar-refractivity contribution in [1.29, 1.82) is 0 Å². The van der Waals surface area contributed by atoms with Crippen LogP contribution in [0.2, 0.25) is 5.02 Å². The SMILES string of the molecule is C[C@@H]1CCCC[C@H]1NC(=O)c1cc2c(s1)-c1ccc(Cl)cc1S(=O)(=O)C2. The van der Waals surface area contributed by atoms with Gasteiger partial charge >= 0.3 is 0 Å². The van der Waals surface area contributed by atoms with Crippen molar-refractivity contribution in [3.63, 3.8) is 0 Å². The number of carbonyl (C=O) groups excluding carboxylic acids is 1. The molecule has 1 saturated carbocycles. The summed E-state index contributed by atoms with van der Waals surface area (Å²) in [6.07, 6.45) is 4.51. The third-order valence-corrected chi connectivity index (χ3v) is 8.47. The van der Waals surface area contributed by atoms with Gasteiger partial charge in [-0.05, 0) is 42.5 Å². The number of hydrogen-bond acceptors (Lipinski definition) is 4. The van der Waals surface area contributed by atoms with E-state index >= 15 is 0 Å². The fraction of sp³-hybridized carbons (Fsp3) is 0.421. The lowest BCUT2D eigenvalue weighted by Gasteiger charge is -2.29. The standard InChI is InChI=1S/C19H20ClNO3S2/c1-11-4-2-3-5-15(11)21-19(22)16-8-12-10-26(23,24)17-9-13(20)6-7-14(17)18(12)25-16/h6-9,11,15H,2-5,10H2,1H3,(H,21,22)/t11-,15-/m1/s1. The maximum atomic E-state index is 12.7. The van der Waals surface area contributed by atoms with Crippen molar-refractivity contribution in [3.8, 4) is 10.4 Å². The normalized spacial score (nSPS) is 23.8. The van der Waals surface area contributed by atoms with Crippen LogP contribution < -0.4 is 5.32 Å². The molecule has 0 unspecified atom stereocenters. The van der Waals surface area contributed by atoms with Gasteiger partial charge in [0.25, 0.3) is 5.91 Å². The van der Waals surface area contributed by atoms with Crippen molar-refractivity contribution >= 4 is 38.7 Å². The lowest BCUT2D eigenvalue weighted by atomic mass is 9.86. The zero-order valence-electron chi connectivity index (χ0n) is 14.4. The van der Waals surface area contributed by atoms with Crippen LogP contribution in [-0.4, -0.2) is 20.4 Å². The Hall–Kier alpha value is -1.37. The minimum absolute atomic E-state index is 0.0840. The summed E-state index contributed by atoms with van der Waals surface area (Å²) in [7, 11) is -3.44. The van der Waals surface area contributed by atoms with Gasteiger partial charge in [-0.15, -0.1) is 11.3 Å². The minimum Gasteiger partial charge on any atom is -0.348 e. The number of hydrogen-bond donors (Lipinski definition) is 1. The number of carbonyl (C=O) groups is 1. The average Bonchev–Trinajstić information content (AvgIpc) is 3.00. The Morgan fingerprint density at radius 3 is 2.77 bits per heavy atom. The van der Waals surface area contributed by atoms with E-state index in [1.807, 2.05) is 0 Å². The van der Waals surface area contributed by atoms with Crippen LogP contribution in [0.25, 0.3) is 10.4 Å². The summed E-state index contributed by atoms with van der Waals surface area (Å²) < 4.78 is 25.1. The molecule has 2 atom stereocenters. The molecule has 0 saturated heterocycles. The first-order valence-corrected chi connectivity index (χ1v) is 11.7. The van der Waals surface area contributed by atoms with Gasteiger partial charge in [-0.2, -0.15) is 0 Å². The summed E-state index contributed by atoms with van der Waals surface area (Å²) in [6, 6.07) is 6.85. The molecule has 26 heavy (non-hydrogen) atoms. The first kappa shape index (κ1) is 18.0. The maximum absolute atomic E-state index is 12.7. The Morgan fingerprint density at radius 2 is 2.00 bits per heavy atom. The Balaban J connectivity index is 1.67. The Labute approximate surface area is 162 Å². The fourth-order valence-corrected chi connectivity index (χ4v) is 6.99. The summed E-state index contributed by atoms with van der Waals surface area (Å²) in [5, 5.41) is 3.55. The van der Waals surface area contributed by atoms with Crippen molar-refractivity contribution in [3.05, 3.63) is 39.7 Å². The molecule has 0 radical (unpaired) electrons. The number of halogens is 1. The lowest BCUT2D eigenvalue weighted by Crippen LogP contribution is -2.40. The number of rotatable bonds is 2. The topological polar surface area (TPSA) is 63.2 Å². The number of benzene rings is 1. The van der Waals surface area contributed by atoms with Gasteiger partial charge in [0.15, 0.2) is 9.84 Å². The molecule has 1 aromatic carbocycles. The highest BCUT2D eigenvalue weighted by molar-refractivity contribution is 7.91. The monoisotopic (exact) mass is 409 g/mol. The summed E-state index contributed by atoms with van der Waals surface area (Å²) in [6.45, 7) is 2.18. The third kappa shape index (κ3) is 3.19. The van der Waals surface area contributed by atoms with E-state index in [0.29, 0.717) is 26.9 Å². The number of fused-ring (bicyclic) bond motifs is 3. The highest BCUT2D eigenvalue weighted by atomic mass is 35.5. The molecular weight excluding hydrogens is 390 g/mol. The van der Waals surface area contributed by atoms with E-state index in [1.54, 1.807) is 18.2 Å². The molecule has 2 aliphatic rings. The van der Waals surface area contributed by atoms with E-state index < -0.39 is 9.84 Å². The van der Waals surface area contributed by atoms with Crippen LogP contribution in [0.15, 0.2) is 29.2 Å². The molecule has 4 rings (SSSR count). The maximum Gasteiger partial charge on any atom is 0.261 e. The van der Waals surface area contributed by atoms with Crippen LogP contribution in [0.5, 0.6) is 0 Å². The molecule has 138 valence electrons. The molecule has 2 heterocycles. The smallest absolute Gasteiger partial charge is 0.261 e. The van der Waals surface area contributed by atoms with Crippen LogP contribution >= 0.6 is 22.9 Å². The Bertz CT molecular complexity index is 981. The second kappa shape index (κ2) is 6.66. The molecule has 4 nitrogen and oxygen atoms in total. The van der Waals surface area contributed by atoms with Gasteiger partial charge in [0.1, 0.15) is 0 Å².